The molecule has 0 aliphatic carbocycles. The highest BCUT2D eigenvalue weighted by Gasteiger charge is 2.32. The summed E-state index contributed by atoms with van der Waals surface area (Å²) in [5, 5.41) is 2.38. The molecular formula is C12H14BrF3N2O2. The van der Waals surface area contributed by atoms with E-state index in [9.17, 15) is 18.0 Å². The third-order valence-electron chi connectivity index (χ3n) is 2.27. The minimum Gasteiger partial charge on any atom is -0.404 e. The normalized spacial score (nSPS) is 12.9. The van der Waals surface area contributed by atoms with Gasteiger partial charge in [0.05, 0.1) is 5.69 Å². The minimum absolute atomic E-state index is 0.0415. The van der Waals surface area contributed by atoms with E-state index < -0.39 is 18.0 Å². The van der Waals surface area contributed by atoms with Crippen molar-refractivity contribution in [2.45, 2.75) is 32.2 Å². The predicted octanol–water partition coefficient (Wildman–Crippen LogP) is 3.41. The Kier molecular flexibility index (Phi) is 5.82. The quantitative estimate of drug-likeness (QED) is 0.851. The Balaban J connectivity index is 2.81. The first kappa shape index (κ1) is 16.8. The Morgan fingerprint density at radius 3 is 2.70 bits per heavy atom. The molecule has 20 heavy (non-hydrogen) atoms. The van der Waals surface area contributed by atoms with Crippen LogP contribution < -0.4 is 15.8 Å². The number of hydrogen-bond donors (Lipinski definition) is 2. The molecule has 112 valence electrons. The highest BCUT2D eigenvalue weighted by atomic mass is 79.9. The summed E-state index contributed by atoms with van der Waals surface area (Å²) in [5.74, 6) is -0.891. The van der Waals surface area contributed by atoms with Gasteiger partial charge in [-0.25, -0.2) is 0 Å². The summed E-state index contributed by atoms with van der Waals surface area (Å²) in [7, 11) is 0. The topological polar surface area (TPSA) is 64.4 Å². The fourth-order valence-electron chi connectivity index (χ4n) is 1.38. The molecule has 0 aliphatic rings. The second kappa shape index (κ2) is 6.94. The van der Waals surface area contributed by atoms with Crippen molar-refractivity contribution in [3.8, 4) is 5.75 Å². The van der Waals surface area contributed by atoms with Crippen molar-refractivity contribution < 1.29 is 22.7 Å². The molecule has 0 aliphatic heterocycles. The number of rotatable bonds is 5. The van der Waals surface area contributed by atoms with Gasteiger partial charge in [-0.1, -0.05) is 15.9 Å². The van der Waals surface area contributed by atoms with Crippen molar-refractivity contribution in [2.24, 2.45) is 5.73 Å². The van der Waals surface area contributed by atoms with Crippen molar-refractivity contribution in [3.63, 3.8) is 0 Å². The maximum atomic E-state index is 12.3. The molecule has 0 spiro atoms. The zero-order chi connectivity index (χ0) is 15.3. The van der Waals surface area contributed by atoms with Crippen molar-refractivity contribution >= 4 is 27.5 Å². The van der Waals surface area contributed by atoms with Crippen LogP contribution in [0.2, 0.25) is 0 Å². The van der Waals surface area contributed by atoms with Crippen molar-refractivity contribution in [1.29, 1.82) is 0 Å². The number of carbonyl (C=O) groups excluding carboxylic acids is 1. The Hall–Kier alpha value is -1.28. The Morgan fingerprint density at radius 2 is 2.15 bits per heavy atom. The van der Waals surface area contributed by atoms with Crippen LogP contribution in [0.5, 0.6) is 5.75 Å². The van der Waals surface area contributed by atoms with Gasteiger partial charge in [-0.05, 0) is 31.5 Å². The van der Waals surface area contributed by atoms with Crippen molar-refractivity contribution in [2.75, 3.05) is 5.32 Å². The number of benzene rings is 1. The molecule has 1 aromatic carbocycles. The molecule has 1 atom stereocenters. The molecule has 1 rings (SSSR count). The van der Waals surface area contributed by atoms with Crippen LogP contribution in [0.3, 0.4) is 0 Å². The van der Waals surface area contributed by atoms with Crippen LogP contribution in [-0.4, -0.2) is 18.3 Å². The zero-order valence-corrected chi connectivity index (χ0v) is 12.2. The summed E-state index contributed by atoms with van der Waals surface area (Å²) < 4.78 is 41.1. The Labute approximate surface area is 122 Å². The first-order chi connectivity index (χ1) is 9.17. The summed E-state index contributed by atoms with van der Waals surface area (Å²) in [4.78, 5) is 11.6. The fourth-order valence-corrected chi connectivity index (χ4v) is 1.72. The molecule has 0 fully saturated rings. The zero-order valence-electron chi connectivity index (χ0n) is 10.6. The number of carbonyl (C=O) groups is 1. The van der Waals surface area contributed by atoms with Gasteiger partial charge in [0.1, 0.15) is 0 Å². The number of nitrogens with two attached hydrogens (primary N) is 1. The molecule has 0 saturated carbocycles. The molecule has 3 N–H and O–H groups in total. The maximum Gasteiger partial charge on any atom is 0.573 e. The van der Waals surface area contributed by atoms with Crippen LogP contribution in [0.15, 0.2) is 22.7 Å². The molecule has 1 unspecified atom stereocenters. The molecule has 0 aromatic heterocycles. The summed E-state index contributed by atoms with van der Waals surface area (Å²) in [6.45, 7) is 1.74. The van der Waals surface area contributed by atoms with E-state index in [2.05, 4.69) is 26.0 Å². The minimum atomic E-state index is -4.83. The number of amides is 1. The number of halogens is 4. The van der Waals surface area contributed by atoms with Gasteiger partial charge in [0.2, 0.25) is 5.91 Å². The summed E-state index contributed by atoms with van der Waals surface area (Å²) >= 11 is 3.04. The van der Waals surface area contributed by atoms with Gasteiger partial charge in [0.15, 0.2) is 5.75 Å². The lowest BCUT2D eigenvalue weighted by molar-refractivity contribution is -0.274. The average Bonchev–Trinajstić information content (AvgIpc) is 2.28. The fraction of sp³-hybridized carbons (Fsp3) is 0.417. The maximum absolute atomic E-state index is 12.3. The van der Waals surface area contributed by atoms with E-state index in [-0.39, 0.29) is 18.2 Å². The van der Waals surface area contributed by atoms with E-state index in [1.807, 2.05) is 0 Å². The molecular weight excluding hydrogens is 341 g/mol. The smallest absolute Gasteiger partial charge is 0.404 e. The number of anilines is 1. The predicted molar refractivity (Wildman–Crippen MR) is 72.3 cm³/mol. The van der Waals surface area contributed by atoms with Gasteiger partial charge in [-0.3, -0.25) is 4.79 Å². The first-order valence-corrected chi connectivity index (χ1v) is 6.57. The monoisotopic (exact) mass is 354 g/mol. The summed E-state index contributed by atoms with van der Waals surface area (Å²) in [5.41, 5.74) is 5.47. The molecule has 0 saturated heterocycles. The van der Waals surface area contributed by atoms with Crippen LogP contribution in [0.1, 0.15) is 19.8 Å². The summed E-state index contributed by atoms with van der Waals surface area (Å²) in [6.07, 6.45) is -4.26. The van der Waals surface area contributed by atoms with Crippen molar-refractivity contribution in [3.05, 3.63) is 22.7 Å². The van der Waals surface area contributed by atoms with Crippen LogP contribution in [-0.2, 0) is 4.79 Å². The van der Waals surface area contributed by atoms with Crippen LogP contribution in [0, 0.1) is 0 Å². The SMILES string of the molecule is CC(N)CCC(=O)Nc1ccc(Br)cc1OC(F)(F)F. The van der Waals surface area contributed by atoms with Gasteiger partial charge in [0, 0.05) is 16.9 Å². The van der Waals surface area contributed by atoms with Gasteiger partial charge < -0.3 is 15.8 Å². The third kappa shape index (κ3) is 6.25. The van der Waals surface area contributed by atoms with Crippen LogP contribution >= 0.6 is 15.9 Å². The van der Waals surface area contributed by atoms with Gasteiger partial charge in [-0.15, -0.1) is 13.2 Å². The number of hydrogen-bond acceptors (Lipinski definition) is 3. The van der Waals surface area contributed by atoms with Crippen LogP contribution in [0.25, 0.3) is 0 Å². The van der Waals surface area contributed by atoms with E-state index in [1.165, 1.54) is 12.1 Å². The van der Waals surface area contributed by atoms with E-state index in [4.69, 9.17) is 5.73 Å². The van der Waals surface area contributed by atoms with Crippen LogP contribution in [0.4, 0.5) is 18.9 Å². The molecule has 1 aromatic rings. The highest BCUT2D eigenvalue weighted by molar-refractivity contribution is 9.10. The van der Waals surface area contributed by atoms with Gasteiger partial charge in [0.25, 0.3) is 0 Å². The highest BCUT2D eigenvalue weighted by Crippen LogP contribution is 2.33. The molecule has 0 radical (unpaired) electrons. The number of ether oxygens (including phenoxy) is 1. The summed E-state index contributed by atoms with van der Waals surface area (Å²) in [6, 6.07) is 3.81. The second-order valence-corrected chi connectivity index (χ2v) is 5.17. The standard InChI is InChI=1S/C12H14BrF3N2O2/c1-7(17)2-5-11(19)18-9-4-3-8(13)6-10(9)20-12(14,15)16/h3-4,6-7H,2,5,17H2,1H3,(H,18,19). The molecule has 4 nitrogen and oxygen atoms in total. The third-order valence-corrected chi connectivity index (χ3v) is 2.76. The lowest BCUT2D eigenvalue weighted by atomic mass is 10.2. The molecule has 0 bridgehead atoms. The number of nitrogens with one attached hydrogen (secondary N) is 1. The number of alkyl halides is 3. The first-order valence-electron chi connectivity index (χ1n) is 5.78. The molecule has 8 heteroatoms. The van der Waals surface area contributed by atoms with E-state index >= 15 is 0 Å². The molecule has 1 amide bonds. The lowest BCUT2D eigenvalue weighted by Crippen LogP contribution is -2.21. The second-order valence-electron chi connectivity index (χ2n) is 4.25. The largest absolute Gasteiger partial charge is 0.573 e. The average molecular weight is 355 g/mol. The Bertz CT molecular complexity index is 478. The Morgan fingerprint density at radius 1 is 1.50 bits per heavy atom. The lowest BCUT2D eigenvalue weighted by Gasteiger charge is -2.14. The van der Waals surface area contributed by atoms with Crippen molar-refractivity contribution in [1.82, 2.24) is 0 Å². The van der Waals surface area contributed by atoms with Gasteiger partial charge in [-0.2, -0.15) is 0 Å². The van der Waals surface area contributed by atoms with E-state index in [1.54, 1.807) is 6.92 Å². The van der Waals surface area contributed by atoms with E-state index in [0.717, 1.165) is 6.07 Å². The van der Waals surface area contributed by atoms with E-state index in [0.29, 0.717) is 10.9 Å². The van der Waals surface area contributed by atoms with Gasteiger partial charge >= 0.3 is 6.36 Å². The molecule has 0 heterocycles.